The van der Waals surface area contributed by atoms with Crippen molar-refractivity contribution in [3.05, 3.63) is 114 Å². The zero-order chi connectivity index (χ0) is 23.5. The summed E-state index contributed by atoms with van der Waals surface area (Å²) in [6, 6.07) is 35.9. The SMILES string of the molecule is Cc1ccc(NC[C@H](O)Cn2c(-c3ccccc3)c(-c3ccccc3)c3cc(C)ccc32)cc1. The lowest BCUT2D eigenvalue weighted by Crippen LogP contribution is -2.25. The molecule has 0 spiro atoms. The zero-order valence-electron chi connectivity index (χ0n) is 19.7. The molecule has 0 aliphatic heterocycles. The molecule has 2 N–H and O–H groups in total. The summed E-state index contributed by atoms with van der Waals surface area (Å²) in [5.41, 5.74) is 9.29. The van der Waals surface area contributed by atoms with Gasteiger partial charge in [0.05, 0.1) is 18.3 Å². The van der Waals surface area contributed by atoms with E-state index in [1.807, 2.05) is 6.07 Å². The van der Waals surface area contributed by atoms with Crippen LogP contribution in [0.3, 0.4) is 0 Å². The van der Waals surface area contributed by atoms with E-state index in [1.165, 1.54) is 27.6 Å². The van der Waals surface area contributed by atoms with Crippen LogP contribution < -0.4 is 5.32 Å². The van der Waals surface area contributed by atoms with Crippen LogP contribution in [-0.2, 0) is 6.54 Å². The topological polar surface area (TPSA) is 37.2 Å². The Kier molecular flexibility index (Phi) is 6.20. The highest BCUT2D eigenvalue weighted by atomic mass is 16.3. The summed E-state index contributed by atoms with van der Waals surface area (Å²) >= 11 is 0. The molecule has 0 fully saturated rings. The minimum absolute atomic E-state index is 0.476. The molecule has 0 aliphatic carbocycles. The van der Waals surface area contributed by atoms with Gasteiger partial charge in [-0.3, -0.25) is 0 Å². The maximum Gasteiger partial charge on any atom is 0.0891 e. The number of anilines is 1. The van der Waals surface area contributed by atoms with Gasteiger partial charge in [-0.1, -0.05) is 90.0 Å². The summed E-state index contributed by atoms with van der Waals surface area (Å²) in [5.74, 6) is 0. The van der Waals surface area contributed by atoms with Gasteiger partial charge in [-0.15, -0.1) is 0 Å². The maximum atomic E-state index is 11.1. The van der Waals surface area contributed by atoms with Crippen molar-refractivity contribution in [2.75, 3.05) is 11.9 Å². The summed E-state index contributed by atoms with van der Waals surface area (Å²) in [5, 5.41) is 15.7. The lowest BCUT2D eigenvalue weighted by atomic mass is 9.98. The number of rotatable bonds is 7. The van der Waals surface area contributed by atoms with Crippen molar-refractivity contribution in [1.82, 2.24) is 4.57 Å². The molecule has 170 valence electrons. The predicted octanol–water partition coefficient (Wildman–Crippen LogP) is 7.07. The fraction of sp³-hybridized carbons (Fsp3) is 0.161. The first kappa shape index (κ1) is 22.0. The average Bonchev–Trinajstić information content (AvgIpc) is 3.17. The van der Waals surface area contributed by atoms with Crippen LogP contribution in [0.1, 0.15) is 11.1 Å². The summed E-state index contributed by atoms with van der Waals surface area (Å²) in [6.07, 6.45) is -0.552. The third kappa shape index (κ3) is 4.48. The monoisotopic (exact) mass is 446 g/mol. The molecule has 0 saturated heterocycles. The number of hydrogen-bond acceptors (Lipinski definition) is 2. The minimum Gasteiger partial charge on any atom is -0.389 e. The first-order chi connectivity index (χ1) is 16.6. The molecule has 3 heteroatoms. The Morgan fingerprint density at radius 3 is 2.03 bits per heavy atom. The molecule has 0 unspecified atom stereocenters. The molecule has 4 aromatic carbocycles. The lowest BCUT2D eigenvalue weighted by molar-refractivity contribution is 0.169. The van der Waals surface area contributed by atoms with Crippen LogP contribution in [-0.4, -0.2) is 22.3 Å². The first-order valence-electron chi connectivity index (χ1n) is 11.8. The highest BCUT2D eigenvalue weighted by Gasteiger charge is 2.21. The number of nitrogens with zero attached hydrogens (tertiary/aromatic N) is 1. The van der Waals surface area contributed by atoms with Gasteiger partial charge in [-0.05, 0) is 49.2 Å². The highest BCUT2D eigenvalue weighted by Crippen LogP contribution is 2.41. The Morgan fingerprint density at radius 2 is 1.35 bits per heavy atom. The standard InChI is InChI=1S/C31H30N2O/c1-22-13-16-26(17-14-22)32-20-27(34)21-33-29-18-15-23(2)19-28(29)30(24-9-5-3-6-10-24)31(33)25-11-7-4-8-12-25/h3-19,27,32,34H,20-21H2,1-2H3/t27-/m0/s1. The highest BCUT2D eigenvalue weighted by molar-refractivity contribution is 6.04. The van der Waals surface area contributed by atoms with Crippen LogP contribution >= 0.6 is 0 Å². The van der Waals surface area contributed by atoms with E-state index in [4.69, 9.17) is 0 Å². The fourth-order valence-corrected chi connectivity index (χ4v) is 4.63. The van der Waals surface area contributed by atoms with E-state index in [0.29, 0.717) is 13.1 Å². The lowest BCUT2D eigenvalue weighted by Gasteiger charge is -2.18. The summed E-state index contributed by atoms with van der Waals surface area (Å²) in [6.45, 7) is 5.18. The van der Waals surface area contributed by atoms with Crippen LogP contribution in [0.25, 0.3) is 33.3 Å². The van der Waals surface area contributed by atoms with Crippen LogP contribution in [0.15, 0.2) is 103 Å². The Balaban J connectivity index is 1.60. The molecule has 34 heavy (non-hydrogen) atoms. The van der Waals surface area contributed by atoms with Crippen LogP contribution in [0.4, 0.5) is 5.69 Å². The van der Waals surface area contributed by atoms with Crippen molar-refractivity contribution in [3.8, 4) is 22.4 Å². The van der Waals surface area contributed by atoms with Crippen molar-refractivity contribution in [1.29, 1.82) is 0 Å². The van der Waals surface area contributed by atoms with Crippen molar-refractivity contribution in [3.63, 3.8) is 0 Å². The molecular weight excluding hydrogens is 416 g/mol. The summed E-state index contributed by atoms with van der Waals surface area (Å²) in [4.78, 5) is 0. The fourth-order valence-electron chi connectivity index (χ4n) is 4.63. The Bertz CT molecular complexity index is 1390. The smallest absolute Gasteiger partial charge is 0.0891 e. The van der Waals surface area contributed by atoms with Gasteiger partial charge in [-0.25, -0.2) is 0 Å². The van der Waals surface area contributed by atoms with Crippen LogP contribution in [0.5, 0.6) is 0 Å². The number of aliphatic hydroxyl groups is 1. The molecule has 5 rings (SSSR count). The normalized spacial score (nSPS) is 12.1. The summed E-state index contributed by atoms with van der Waals surface area (Å²) < 4.78 is 2.29. The molecular formula is C31H30N2O. The van der Waals surface area contributed by atoms with Gasteiger partial charge in [0.1, 0.15) is 0 Å². The van der Waals surface area contributed by atoms with E-state index in [2.05, 4.69) is 121 Å². The summed E-state index contributed by atoms with van der Waals surface area (Å²) in [7, 11) is 0. The van der Waals surface area contributed by atoms with E-state index in [1.54, 1.807) is 0 Å². The van der Waals surface area contributed by atoms with E-state index >= 15 is 0 Å². The van der Waals surface area contributed by atoms with Gasteiger partial charge >= 0.3 is 0 Å². The van der Waals surface area contributed by atoms with Crippen LogP contribution in [0.2, 0.25) is 0 Å². The molecule has 0 radical (unpaired) electrons. The van der Waals surface area contributed by atoms with Crippen molar-refractivity contribution >= 4 is 16.6 Å². The van der Waals surface area contributed by atoms with E-state index in [9.17, 15) is 5.11 Å². The molecule has 1 aromatic heterocycles. The Labute approximate surface area is 201 Å². The molecule has 3 nitrogen and oxygen atoms in total. The molecule has 1 atom stereocenters. The molecule has 0 amide bonds. The number of hydrogen-bond donors (Lipinski definition) is 2. The second kappa shape index (κ2) is 9.58. The minimum atomic E-state index is -0.552. The third-order valence-electron chi connectivity index (χ3n) is 6.32. The van der Waals surface area contributed by atoms with Crippen molar-refractivity contribution in [2.24, 2.45) is 0 Å². The number of nitrogens with one attached hydrogen (secondary N) is 1. The van der Waals surface area contributed by atoms with Gasteiger partial charge in [0.25, 0.3) is 0 Å². The van der Waals surface area contributed by atoms with Gasteiger partial charge in [0.2, 0.25) is 0 Å². The van der Waals surface area contributed by atoms with Crippen molar-refractivity contribution < 1.29 is 5.11 Å². The number of benzene rings is 4. The average molecular weight is 447 g/mol. The van der Waals surface area contributed by atoms with Gasteiger partial charge in [-0.2, -0.15) is 0 Å². The quantitative estimate of drug-likeness (QED) is 0.281. The Hall–Kier alpha value is -3.82. The largest absolute Gasteiger partial charge is 0.389 e. The number of aromatic nitrogens is 1. The second-order valence-corrected chi connectivity index (χ2v) is 8.99. The molecule has 0 saturated carbocycles. The molecule has 1 heterocycles. The van der Waals surface area contributed by atoms with Gasteiger partial charge in [0.15, 0.2) is 0 Å². The Morgan fingerprint density at radius 1 is 0.735 bits per heavy atom. The second-order valence-electron chi connectivity index (χ2n) is 8.99. The number of aliphatic hydroxyl groups excluding tert-OH is 1. The van der Waals surface area contributed by atoms with Crippen LogP contribution in [0, 0.1) is 13.8 Å². The van der Waals surface area contributed by atoms with Gasteiger partial charge < -0.3 is 15.0 Å². The van der Waals surface area contributed by atoms with E-state index in [-0.39, 0.29) is 0 Å². The molecule has 0 bridgehead atoms. The van der Waals surface area contributed by atoms with Crippen molar-refractivity contribution in [2.45, 2.75) is 26.5 Å². The van der Waals surface area contributed by atoms with E-state index in [0.717, 1.165) is 22.5 Å². The zero-order valence-corrected chi connectivity index (χ0v) is 19.7. The molecule has 5 aromatic rings. The third-order valence-corrected chi connectivity index (χ3v) is 6.32. The predicted molar refractivity (Wildman–Crippen MR) is 143 cm³/mol. The maximum absolute atomic E-state index is 11.1. The number of fused-ring (bicyclic) bond motifs is 1. The van der Waals surface area contributed by atoms with Gasteiger partial charge in [0, 0.05) is 28.7 Å². The number of aryl methyl sites for hydroxylation is 2. The molecule has 0 aliphatic rings. The first-order valence-corrected chi connectivity index (χ1v) is 11.8. The van der Waals surface area contributed by atoms with E-state index < -0.39 is 6.10 Å².